The number of aromatic nitrogens is 1. The molecule has 0 aliphatic heterocycles. The van der Waals surface area contributed by atoms with E-state index in [-0.39, 0.29) is 17.1 Å². The van der Waals surface area contributed by atoms with E-state index in [0.29, 0.717) is 39.1 Å². The first-order valence-electron chi connectivity index (χ1n) is 7.68. The van der Waals surface area contributed by atoms with E-state index in [1.807, 2.05) is 6.07 Å². The quantitative estimate of drug-likeness (QED) is 0.655. The van der Waals surface area contributed by atoms with Crippen LogP contribution < -0.4 is 5.73 Å². The molecule has 1 heterocycles. The number of nitrogens with two attached hydrogens (primary N) is 1. The summed E-state index contributed by atoms with van der Waals surface area (Å²) < 4.78 is 0. The minimum absolute atomic E-state index is 0.0404. The van der Waals surface area contributed by atoms with Gasteiger partial charge < -0.3 is 5.73 Å². The van der Waals surface area contributed by atoms with Gasteiger partial charge in [0.15, 0.2) is 0 Å². The van der Waals surface area contributed by atoms with Crippen LogP contribution in [0.1, 0.15) is 34.9 Å². The molecule has 2 aromatic rings. The Morgan fingerprint density at radius 2 is 1.92 bits per heavy atom. The highest BCUT2D eigenvalue weighted by Gasteiger charge is 2.30. The largest absolute Gasteiger partial charge is 0.383 e. The molecule has 0 bridgehead atoms. The molecule has 0 spiro atoms. The fraction of sp³-hybridized carbons (Fsp3) is 0.105. The van der Waals surface area contributed by atoms with Crippen LogP contribution >= 0.6 is 0 Å². The molecule has 2 N–H and O–H groups in total. The Morgan fingerprint density at radius 3 is 2.54 bits per heavy atom. The van der Waals surface area contributed by atoms with Crippen molar-refractivity contribution in [1.29, 1.82) is 10.5 Å². The summed E-state index contributed by atoms with van der Waals surface area (Å²) in [5, 5.41) is 30.2. The van der Waals surface area contributed by atoms with Crippen molar-refractivity contribution in [2.45, 2.75) is 13.8 Å². The maximum atomic E-state index is 11.3. The molecule has 0 fully saturated rings. The van der Waals surface area contributed by atoms with Crippen LogP contribution in [0.15, 0.2) is 29.8 Å². The minimum atomic E-state index is -0.457. The van der Waals surface area contributed by atoms with Crippen LogP contribution in [0.4, 0.5) is 11.5 Å². The number of anilines is 1. The molecule has 7 nitrogen and oxygen atoms in total. The van der Waals surface area contributed by atoms with Crippen LogP contribution in [0.5, 0.6) is 0 Å². The number of nitro benzene ring substituents is 1. The number of para-hydroxylation sites is 1. The van der Waals surface area contributed by atoms with Gasteiger partial charge in [0.25, 0.3) is 5.69 Å². The van der Waals surface area contributed by atoms with Gasteiger partial charge in [-0.1, -0.05) is 12.1 Å². The number of pyridine rings is 1. The first-order valence-corrected chi connectivity index (χ1v) is 7.68. The Hall–Kier alpha value is -3.97. The van der Waals surface area contributed by atoms with Crippen molar-refractivity contribution < 1.29 is 4.92 Å². The van der Waals surface area contributed by atoms with E-state index < -0.39 is 4.92 Å². The summed E-state index contributed by atoms with van der Waals surface area (Å²) in [6, 6.07) is 10.5. The molecule has 0 atom stereocenters. The molecular weight excluding hydrogens is 330 g/mol. The van der Waals surface area contributed by atoms with E-state index in [2.05, 4.69) is 11.1 Å². The van der Waals surface area contributed by atoms with Crippen molar-refractivity contribution in [3.8, 4) is 12.1 Å². The van der Waals surface area contributed by atoms with E-state index >= 15 is 0 Å². The fourth-order valence-corrected chi connectivity index (χ4v) is 3.13. The van der Waals surface area contributed by atoms with Crippen molar-refractivity contribution in [1.82, 2.24) is 4.98 Å². The second-order valence-electron chi connectivity index (χ2n) is 5.82. The van der Waals surface area contributed by atoms with E-state index in [1.165, 1.54) is 6.07 Å². The zero-order valence-corrected chi connectivity index (χ0v) is 14.1. The standard InChI is InChI=1S/C19H13N5O2/c1-10-13(7-12-5-3-4-6-16(12)24(25)26)17-11(2)15(9-21)19(22)23-18(17)14(10)8-20/h3-7H,1-2H3,(H2,22,23)/b13-7+. The van der Waals surface area contributed by atoms with Crippen molar-refractivity contribution in [2.75, 3.05) is 5.73 Å². The summed E-state index contributed by atoms with van der Waals surface area (Å²) >= 11 is 0. The Labute approximate surface area is 149 Å². The van der Waals surface area contributed by atoms with E-state index in [9.17, 15) is 20.6 Å². The van der Waals surface area contributed by atoms with Crippen LogP contribution in [0.3, 0.4) is 0 Å². The molecule has 0 unspecified atom stereocenters. The molecule has 0 radical (unpaired) electrons. The van der Waals surface area contributed by atoms with Gasteiger partial charge in [-0.2, -0.15) is 10.5 Å². The molecule has 26 heavy (non-hydrogen) atoms. The Morgan fingerprint density at radius 1 is 1.23 bits per heavy atom. The van der Waals surface area contributed by atoms with Crippen LogP contribution in [-0.2, 0) is 0 Å². The lowest BCUT2D eigenvalue weighted by Crippen LogP contribution is -2.03. The summed E-state index contributed by atoms with van der Waals surface area (Å²) in [4.78, 5) is 15.1. The van der Waals surface area contributed by atoms with Gasteiger partial charge in [-0.05, 0) is 42.7 Å². The van der Waals surface area contributed by atoms with Crippen LogP contribution in [0, 0.1) is 39.7 Å². The first kappa shape index (κ1) is 16.9. The number of benzene rings is 1. The van der Waals surface area contributed by atoms with Crippen LogP contribution in [0.2, 0.25) is 0 Å². The summed E-state index contributed by atoms with van der Waals surface area (Å²) in [5.41, 5.74) is 9.71. The van der Waals surface area contributed by atoms with Crippen molar-refractivity contribution in [3.05, 3.63) is 67.9 Å². The summed E-state index contributed by atoms with van der Waals surface area (Å²) in [6.45, 7) is 3.48. The van der Waals surface area contributed by atoms with E-state index in [1.54, 1.807) is 38.1 Å². The molecule has 1 aliphatic rings. The summed E-state index contributed by atoms with van der Waals surface area (Å²) in [6.07, 6.45) is 1.66. The third-order valence-corrected chi connectivity index (χ3v) is 4.42. The molecular formula is C19H13N5O2. The zero-order chi connectivity index (χ0) is 19.0. The predicted octanol–water partition coefficient (Wildman–Crippen LogP) is 3.60. The van der Waals surface area contributed by atoms with Gasteiger partial charge in [0.2, 0.25) is 0 Å². The van der Waals surface area contributed by atoms with Crippen LogP contribution in [-0.4, -0.2) is 9.91 Å². The second-order valence-corrected chi connectivity index (χ2v) is 5.82. The van der Waals surface area contributed by atoms with Gasteiger partial charge in [0.1, 0.15) is 18.0 Å². The molecule has 3 rings (SSSR count). The average molecular weight is 343 g/mol. The maximum absolute atomic E-state index is 11.3. The van der Waals surface area contributed by atoms with Crippen molar-refractivity contribution in [2.24, 2.45) is 0 Å². The maximum Gasteiger partial charge on any atom is 0.276 e. The van der Waals surface area contributed by atoms with E-state index in [4.69, 9.17) is 5.73 Å². The SMILES string of the molecule is CC1=C(C#N)c2nc(N)c(C#N)c(C)c2/C1=C/c1ccccc1[N+](=O)[O-]. The highest BCUT2D eigenvalue weighted by molar-refractivity contribution is 6.09. The molecule has 126 valence electrons. The van der Waals surface area contributed by atoms with Gasteiger partial charge in [-0.15, -0.1) is 0 Å². The first-order chi connectivity index (χ1) is 12.4. The Bertz CT molecular complexity index is 1110. The van der Waals surface area contributed by atoms with Gasteiger partial charge in [0, 0.05) is 11.6 Å². The third-order valence-electron chi connectivity index (χ3n) is 4.42. The lowest BCUT2D eigenvalue weighted by molar-refractivity contribution is -0.385. The number of rotatable bonds is 2. The van der Waals surface area contributed by atoms with Gasteiger partial charge >= 0.3 is 0 Å². The number of nitriles is 2. The minimum Gasteiger partial charge on any atom is -0.383 e. The highest BCUT2D eigenvalue weighted by Crippen LogP contribution is 2.44. The Kier molecular flexibility index (Phi) is 3.99. The zero-order valence-electron chi connectivity index (χ0n) is 14.1. The van der Waals surface area contributed by atoms with Gasteiger partial charge in [-0.25, -0.2) is 4.98 Å². The predicted molar refractivity (Wildman–Crippen MR) is 97.3 cm³/mol. The number of hydrogen-bond acceptors (Lipinski definition) is 6. The smallest absolute Gasteiger partial charge is 0.276 e. The number of nitrogens with zero attached hydrogens (tertiary/aromatic N) is 4. The number of fused-ring (bicyclic) bond motifs is 1. The van der Waals surface area contributed by atoms with Gasteiger partial charge in [-0.3, -0.25) is 10.1 Å². The van der Waals surface area contributed by atoms with Crippen LogP contribution in [0.25, 0.3) is 17.2 Å². The summed E-state index contributed by atoms with van der Waals surface area (Å²) in [5.74, 6) is 0.0660. The average Bonchev–Trinajstić information content (AvgIpc) is 2.87. The number of nitro groups is 1. The number of nitrogen functional groups attached to an aromatic ring is 1. The second kappa shape index (κ2) is 6.15. The van der Waals surface area contributed by atoms with E-state index in [0.717, 1.165) is 0 Å². The van der Waals surface area contributed by atoms with Gasteiger partial charge in [0.05, 0.1) is 27.3 Å². The molecule has 1 aromatic heterocycles. The normalized spacial score (nSPS) is 14.1. The molecule has 1 aliphatic carbocycles. The molecule has 0 saturated heterocycles. The lowest BCUT2D eigenvalue weighted by Gasteiger charge is -2.11. The third kappa shape index (κ3) is 2.40. The molecule has 0 saturated carbocycles. The summed E-state index contributed by atoms with van der Waals surface area (Å²) in [7, 11) is 0. The van der Waals surface area contributed by atoms with Crippen molar-refractivity contribution >= 4 is 28.7 Å². The highest BCUT2D eigenvalue weighted by atomic mass is 16.6. The number of hydrogen-bond donors (Lipinski definition) is 1. The Balaban J connectivity index is 2.37. The lowest BCUT2D eigenvalue weighted by atomic mass is 9.95. The topological polar surface area (TPSA) is 130 Å². The fourth-order valence-electron chi connectivity index (χ4n) is 3.13. The molecule has 7 heteroatoms. The van der Waals surface area contributed by atoms with Crippen molar-refractivity contribution in [3.63, 3.8) is 0 Å². The number of allylic oxidation sites excluding steroid dienone is 3. The molecule has 1 aromatic carbocycles. The molecule has 0 amide bonds. The monoisotopic (exact) mass is 343 g/mol.